The predicted octanol–water partition coefficient (Wildman–Crippen LogP) is 6.49. The van der Waals surface area contributed by atoms with Crippen LogP contribution in [-0.2, 0) is 17.9 Å². The Morgan fingerprint density at radius 2 is 1.28 bits per heavy atom. The molecule has 246 valence electrons. The van der Waals surface area contributed by atoms with E-state index in [0.717, 1.165) is 62.0 Å². The number of carbonyl (C=O) groups is 4. The summed E-state index contributed by atoms with van der Waals surface area (Å²) in [6.45, 7) is 3.50. The maximum atomic E-state index is 13.0. The lowest BCUT2D eigenvalue weighted by Gasteiger charge is -2.38. The van der Waals surface area contributed by atoms with Crippen LogP contribution in [0.5, 0.6) is 0 Å². The standard InChI is InChI=1S/C24H26N2O2.C15H20N2O2/c27-23(20-8-2-1-3-9-20)25-17-18-12-14-21(15-13-18)24(28)26-16-6-10-19-7-4-5-11-22(19)26;18-12-16-11-13-5-7-14(8-6-13)15(19)17-9-3-1-2-4-10-17/h1-3,8-9,11-15,19H,4-7,10,16-17H2,(H,25,27);5-8,12H,1-4,9-11H2,(H,16,18). The van der Waals surface area contributed by atoms with Crippen molar-refractivity contribution in [2.75, 3.05) is 19.6 Å². The summed E-state index contributed by atoms with van der Waals surface area (Å²) < 4.78 is 0. The Hall–Kier alpha value is -4.72. The maximum Gasteiger partial charge on any atom is 0.258 e. The van der Waals surface area contributed by atoms with Crippen LogP contribution in [0.15, 0.2) is 90.6 Å². The highest BCUT2D eigenvalue weighted by Gasteiger charge is 2.30. The lowest BCUT2D eigenvalue weighted by molar-refractivity contribution is -0.109. The monoisotopic (exact) mass is 634 g/mol. The van der Waals surface area contributed by atoms with Gasteiger partial charge in [0.05, 0.1) is 0 Å². The minimum absolute atomic E-state index is 0.0932. The molecule has 2 aliphatic heterocycles. The van der Waals surface area contributed by atoms with Crippen LogP contribution < -0.4 is 10.6 Å². The molecule has 6 rings (SSSR count). The number of hydrogen-bond donors (Lipinski definition) is 2. The van der Waals surface area contributed by atoms with E-state index in [-0.39, 0.29) is 17.7 Å². The Morgan fingerprint density at radius 1 is 0.660 bits per heavy atom. The molecule has 2 fully saturated rings. The van der Waals surface area contributed by atoms with Gasteiger partial charge in [0.15, 0.2) is 0 Å². The molecular formula is C39H46N4O4. The van der Waals surface area contributed by atoms with Crippen molar-refractivity contribution in [1.82, 2.24) is 20.4 Å². The lowest BCUT2D eigenvalue weighted by atomic mass is 9.84. The molecule has 2 saturated heterocycles. The summed E-state index contributed by atoms with van der Waals surface area (Å²) in [4.78, 5) is 51.7. The third-order valence-electron chi connectivity index (χ3n) is 9.19. The number of rotatable bonds is 8. The van der Waals surface area contributed by atoms with Gasteiger partial charge in [-0.1, -0.05) is 61.4 Å². The molecule has 8 heteroatoms. The van der Waals surface area contributed by atoms with Gasteiger partial charge in [0.25, 0.3) is 17.7 Å². The normalized spacial score (nSPS) is 17.5. The average molecular weight is 635 g/mol. The Bertz CT molecular complexity index is 1510. The van der Waals surface area contributed by atoms with Crippen LogP contribution in [0.3, 0.4) is 0 Å². The summed E-state index contributed by atoms with van der Waals surface area (Å²) in [6, 6.07) is 24.2. The van der Waals surface area contributed by atoms with Gasteiger partial charge in [-0.2, -0.15) is 0 Å². The first-order valence-electron chi connectivity index (χ1n) is 17.0. The van der Waals surface area contributed by atoms with Crippen LogP contribution in [-0.4, -0.2) is 53.6 Å². The minimum Gasteiger partial charge on any atom is -0.355 e. The summed E-state index contributed by atoms with van der Waals surface area (Å²) in [6.07, 6.45) is 13.4. The van der Waals surface area contributed by atoms with E-state index in [9.17, 15) is 19.2 Å². The van der Waals surface area contributed by atoms with Crippen LogP contribution in [0.2, 0.25) is 0 Å². The van der Waals surface area contributed by atoms with Crippen molar-refractivity contribution < 1.29 is 19.2 Å². The number of allylic oxidation sites excluding steroid dienone is 2. The molecule has 0 saturated carbocycles. The van der Waals surface area contributed by atoms with Crippen molar-refractivity contribution in [3.63, 3.8) is 0 Å². The molecule has 0 radical (unpaired) electrons. The first kappa shape index (κ1) is 33.6. The molecule has 2 heterocycles. The number of nitrogens with zero attached hydrogens (tertiary/aromatic N) is 2. The predicted molar refractivity (Wildman–Crippen MR) is 183 cm³/mol. The zero-order chi connectivity index (χ0) is 32.8. The summed E-state index contributed by atoms with van der Waals surface area (Å²) in [5, 5.41) is 5.53. The SMILES string of the molecule is O=C(NCc1ccc(C(=O)N2CCCC3CCCC=C32)cc1)c1ccccc1.O=CNCc1ccc(C(=O)N2CCCCCC2)cc1. The number of carbonyl (C=O) groups excluding carboxylic acids is 4. The number of likely N-dealkylation sites (tertiary alicyclic amines) is 2. The molecule has 0 spiro atoms. The van der Waals surface area contributed by atoms with E-state index in [4.69, 9.17) is 0 Å². The smallest absolute Gasteiger partial charge is 0.258 e. The molecule has 47 heavy (non-hydrogen) atoms. The van der Waals surface area contributed by atoms with Crippen LogP contribution in [0.1, 0.15) is 100.0 Å². The molecule has 4 amide bonds. The van der Waals surface area contributed by atoms with Gasteiger partial charge >= 0.3 is 0 Å². The van der Waals surface area contributed by atoms with Gasteiger partial charge in [-0.3, -0.25) is 19.2 Å². The zero-order valence-corrected chi connectivity index (χ0v) is 27.2. The van der Waals surface area contributed by atoms with Gasteiger partial charge in [-0.25, -0.2) is 0 Å². The molecule has 0 aromatic heterocycles. The van der Waals surface area contributed by atoms with E-state index < -0.39 is 0 Å². The van der Waals surface area contributed by atoms with E-state index in [1.165, 1.54) is 37.8 Å². The zero-order valence-electron chi connectivity index (χ0n) is 27.2. The molecule has 1 unspecified atom stereocenters. The van der Waals surface area contributed by atoms with Crippen molar-refractivity contribution in [2.45, 2.75) is 70.9 Å². The minimum atomic E-state index is -0.0932. The summed E-state index contributed by atoms with van der Waals surface area (Å²) in [7, 11) is 0. The fourth-order valence-corrected chi connectivity index (χ4v) is 6.57. The third kappa shape index (κ3) is 9.41. The Kier molecular flexibility index (Phi) is 12.4. The molecule has 0 bridgehead atoms. The van der Waals surface area contributed by atoms with E-state index in [0.29, 0.717) is 36.5 Å². The molecule has 1 aliphatic carbocycles. The number of hydrogen-bond acceptors (Lipinski definition) is 4. The van der Waals surface area contributed by atoms with Gasteiger partial charge in [0.1, 0.15) is 0 Å². The first-order chi connectivity index (χ1) is 23.0. The number of piperidine rings is 1. The molecule has 8 nitrogen and oxygen atoms in total. The van der Waals surface area contributed by atoms with Crippen LogP contribution >= 0.6 is 0 Å². The van der Waals surface area contributed by atoms with Crippen molar-refractivity contribution in [2.24, 2.45) is 5.92 Å². The van der Waals surface area contributed by atoms with Crippen LogP contribution in [0.4, 0.5) is 0 Å². The first-order valence-corrected chi connectivity index (χ1v) is 17.0. The molecular weight excluding hydrogens is 588 g/mol. The highest BCUT2D eigenvalue weighted by atomic mass is 16.2. The fourth-order valence-electron chi connectivity index (χ4n) is 6.57. The second-order valence-corrected chi connectivity index (χ2v) is 12.5. The van der Waals surface area contributed by atoms with Gasteiger partial charge in [-0.05, 0) is 98.4 Å². The van der Waals surface area contributed by atoms with Crippen LogP contribution in [0, 0.1) is 5.92 Å². The number of nitrogens with one attached hydrogen (secondary N) is 2. The number of benzene rings is 3. The summed E-state index contributed by atoms with van der Waals surface area (Å²) >= 11 is 0. The Balaban J connectivity index is 0.000000199. The molecule has 3 aromatic carbocycles. The van der Waals surface area contributed by atoms with Gasteiger partial charge in [-0.15, -0.1) is 0 Å². The molecule has 3 aliphatic rings. The van der Waals surface area contributed by atoms with Gasteiger partial charge in [0.2, 0.25) is 6.41 Å². The highest BCUT2D eigenvalue weighted by molar-refractivity contribution is 5.96. The second kappa shape index (κ2) is 17.3. The number of fused-ring (bicyclic) bond motifs is 1. The van der Waals surface area contributed by atoms with Crippen molar-refractivity contribution >= 4 is 24.1 Å². The second-order valence-electron chi connectivity index (χ2n) is 12.5. The average Bonchev–Trinajstić information content (AvgIpc) is 3.43. The third-order valence-corrected chi connectivity index (χ3v) is 9.19. The number of amides is 4. The summed E-state index contributed by atoms with van der Waals surface area (Å²) in [5.41, 5.74) is 5.31. The van der Waals surface area contributed by atoms with Crippen molar-refractivity contribution in [3.8, 4) is 0 Å². The molecule has 2 N–H and O–H groups in total. The lowest BCUT2D eigenvalue weighted by Crippen LogP contribution is -2.39. The van der Waals surface area contributed by atoms with Crippen molar-refractivity contribution in [1.29, 1.82) is 0 Å². The summed E-state index contributed by atoms with van der Waals surface area (Å²) in [5.74, 6) is 0.679. The van der Waals surface area contributed by atoms with E-state index in [2.05, 4.69) is 16.7 Å². The van der Waals surface area contributed by atoms with Gasteiger partial charge < -0.3 is 20.4 Å². The maximum absolute atomic E-state index is 13.0. The molecule has 1 atom stereocenters. The molecule has 3 aromatic rings. The van der Waals surface area contributed by atoms with Crippen LogP contribution in [0.25, 0.3) is 0 Å². The topological polar surface area (TPSA) is 98.8 Å². The Labute approximate surface area is 278 Å². The van der Waals surface area contributed by atoms with Gasteiger partial charge in [0, 0.05) is 55.1 Å². The largest absolute Gasteiger partial charge is 0.355 e. The van der Waals surface area contributed by atoms with Crippen molar-refractivity contribution in [3.05, 3.63) is 118 Å². The quantitative estimate of drug-likeness (QED) is 0.277. The fraction of sp³-hybridized carbons (Fsp3) is 0.385. The van der Waals surface area contributed by atoms with E-state index >= 15 is 0 Å². The van der Waals surface area contributed by atoms with E-state index in [1.54, 1.807) is 12.1 Å². The Morgan fingerprint density at radius 3 is 1.94 bits per heavy atom. The van der Waals surface area contributed by atoms with E-state index in [1.807, 2.05) is 76.5 Å². The highest BCUT2D eigenvalue weighted by Crippen LogP contribution is 2.35.